The number of nitrogens with zero attached hydrogens (tertiary/aromatic N) is 1. The van der Waals surface area contributed by atoms with E-state index in [0.29, 0.717) is 12.5 Å². The number of aromatic nitrogens is 1. The molecule has 0 aliphatic heterocycles. The predicted octanol–water partition coefficient (Wildman–Crippen LogP) is 1.40. The minimum Gasteiger partial charge on any atom is -0.326 e. The molecule has 19 heavy (non-hydrogen) atoms. The highest BCUT2D eigenvalue weighted by atomic mass is 32.2. The van der Waals surface area contributed by atoms with Crippen LogP contribution in [-0.4, -0.2) is 19.4 Å². The number of nitrogens with one attached hydrogen (secondary N) is 1. The van der Waals surface area contributed by atoms with Gasteiger partial charge in [0.25, 0.3) is 10.0 Å². The highest BCUT2D eigenvalue weighted by Crippen LogP contribution is 2.28. The molecule has 1 saturated carbocycles. The molecule has 2 rings (SSSR count). The van der Waals surface area contributed by atoms with Gasteiger partial charge in [-0.15, -0.1) is 0 Å². The van der Waals surface area contributed by atoms with Crippen LogP contribution in [0, 0.1) is 5.92 Å². The van der Waals surface area contributed by atoms with Crippen LogP contribution in [-0.2, 0) is 16.6 Å². The van der Waals surface area contributed by atoms with Gasteiger partial charge in [0.1, 0.15) is 0 Å². The molecule has 0 aromatic carbocycles. The van der Waals surface area contributed by atoms with Crippen molar-refractivity contribution in [3.63, 3.8) is 0 Å². The number of nitrogens with two attached hydrogens (primary N) is 1. The number of hydrogen-bond acceptors (Lipinski definition) is 4. The Morgan fingerprint density at radius 2 is 2.11 bits per heavy atom. The first-order chi connectivity index (χ1) is 9.03. The molecule has 1 heterocycles. The average Bonchev–Trinajstić information content (AvgIpc) is 2.92. The van der Waals surface area contributed by atoms with Gasteiger partial charge in [0.15, 0.2) is 5.03 Å². The second-order valence-electron chi connectivity index (χ2n) is 5.16. The summed E-state index contributed by atoms with van der Waals surface area (Å²) >= 11 is 0. The van der Waals surface area contributed by atoms with E-state index in [1.165, 1.54) is 25.1 Å². The highest BCUT2D eigenvalue weighted by molar-refractivity contribution is 7.89. The normalized spacial score (nSPS) is 18.6. The van der Waals surface area contributed by atoms with Crippen LogP contribution in [0.3, 0.4) is 0 Å². The maximum absolute atomic E-state index is 12.2. The van der Waals surface area contributed by atoms with Gasteiger partial charge in [-0.25, -0.2) is 18.1 Å². The Hall–Kier alpha value is -0.980. The van der Waals surface area contributed by atoms with Gasteiger partial charge in [-0.05, 0) is 37.3 Å². The lowest BCUT2D eigenvalue weighted by Crippen LogP contribution is -2.37. The summed E-state index contributed by atoms with van der Waals surface area (Å²) in [5.74, 6) is 0.443. The molecular formula is C13H21N3O2S. The third-order valence-electron chi connectivity index (χ3n) is 3.76. The molecule has 1 aliphatic carbocycles. The summed E-state index contributed by atoms with van der Waals surface area (Å²) in [4.78, 5) is 3.97. The Kier molecular flexibility index (Phi) is 4.54. The van der Waals surface area contributed by atoms with Crippen molar-refractivity contribution in [3.05, 3.63) is 23.9 Å². The molecule has 1 unspecified atom stereocenters. The van der Waals surface area contributed by atoms with Crippen LogP contribution in [0.15, 0.2) is 23.4 Å². The molecule has 1 atom stereocenters. The van der Waals surface area contributed by atoms with E-state index >= 15 is 0 Å². The van der Waals surface area contributed by atoms with E-state index in [9.17, 15) is 8.42 Å². The minimum absolute atomic E-state index is 0.0384. The van der Waals surface area contributed by atoms with Gasteiger partial charge in [0, 0.05) is 18.8 Å². The molecule has 0 bridgehead atoms. The van der Waals surface area contributed by atoms with Crippen LogP contribution in [0.5, 0.6) is 0 Å². The van der Waals surface area contributed by atoms with Gasteiger partial charge < -0.3 is 5.73 Å². The van der Waals surface area contributed by atoms with E-state index in [0.717, 1.165) is 18.4 Å². The van der Waals surface area contributed by atoms with Crippen molar-refractivity contribution in [2.24, 2.45) is 11.7 Å². The van der Waals surface area contributed by atoms with Crippen molar-refractivity contribution in [1.29, 1.82) is 0 Å². The third-order valence-corrected chi connectivity index (χ3v) is 5.23. The summed E-state index contributed by atoms with van der Waals surface area (Å²) in [6.07, 6.45) is 6.10. The summed E-state index contributed by atoms with van der Waals surface area (Å²) < 4.78 is 27.1. The lowest BCUT2D eigenvalue weighted by atomic mass is 10.0. The van der Waals surface area contributed by atoms with Crippen LogP contribution in [0.4, 0.5) is 0 Å². The first-order valence-corrected chi connectivity index (χ1v) is 8.18. The smallest absolute Gasteiger partial charge is 0.258 e. The Morgan fingerprint density at radius 3 is 2.63 bits per heavy atom. The van der Waals surface area contributed by atoms with Crippen LogP contribution >= 0.6 is 0 Å². The van der Waals surface area contributed by atoms with Crippen molar-refractivity contribution in [1.82, 2.24) is 9.71 Å². The molecule has 6 heteroatoms. The fraction of sp³-hybridized carbons (Fsp3) is 0.615. The molecule has 0 spiro atoms. The van der Waals surface area contributed by atoms with Gasteiger partial charge in [0.05, 0.1) is 0 Å². The minimum atomic E-state index is -3.52. The van der Waals surface area contributed by atoms with Crippen molar-refractivity contribution >= 4 is 10.0 Å². The van der Waals surface area contributed by atoms with Crippen molar-refractivity contribution in [2.45, 2.75) is 50.2 Å². The van der Waals surface area contributed by atoms with Crippen LogP contribution in [0.1, 0.15) is 38.2 Å². The summed E-state index contributed by atoms with van der Waals surface area (Å²) in [5.41, 5.74) is 6.29. The van der Waals surface area contributed by atoms with Crippen molar-refractivity contribution in [3.8, 4) is 0 Å². The highest BCUT2D eigenvalue weighted by Gasteiger charge is 2.26. The molecule has 0 radical (unpaired) electrons. The largest absolute Gasteiger partial charge is 0.326 e. The molecule has 1 aromatic rings. The second-order valence-corrected chi connectivity index (χ2v) is 6.82. The monoisotopic (exact) mass is 283 g/mol. The maximum atomic E-state index is 12.2. The van der Waals surface area contributed by atoms with E-state index in [-0.39, 0.29) is 11.1 Å². The first kappa shape index (κ1) is 14.4. The van der Waals surface area contributed by atoms with E-state index in [1.807, 2.05) is 6.92 Å². The lowest BCUT2D eigenvalue weighted by Gasteiger charge is -2.19. The third kappa shape index (κ3) is 3.52. The number of hydrogen-bond donors (Lipinski definition) is 2. The Bertz CT molecular complexity index is 507. The summed E-state index contributed by atoms with van der Waals surface area (Å²) in [5, 5.41) is 0.0644. The topological polar surface area (TPSA) is 85.1 Å². The van der Waals surface area contributed by atoms with Gasteiger partial charge in [0.2, 0.25) is 0 Å². The second kappa shape index (κ2) is 5.98. The molecule has 106 valence electrons. The molecule has 5 nitrogen and oxygen atoms in total. The van der Waals surface area contributed by atoms with Gasteiger partial charge >= 0.3 is 0 Å². The number of pyridine rings is 1. The molecule has 0 amide bonds. The molecular weight excluding hydrogens is 262 g/mol. The van der Waals surface area contributed by atoms with Gasteiger partial charge in [-0.1, -0.05) is 18.9 Å². The van der Waals surface area contributed by atoms with Crippen LogP contribution in [0.25, 0.3) is 0 Å². The zero-order valence-corrected chi connectivity index (χ0v) is 12.0. The van der Waals surface area contributed by atoms with Gasteiger partial charge in [-0.3, -0.25) is 0 Å². The summed E-state index contributed by atoms with van der Waals surface area (Å²) in [7, 11) is -3.52. The molecule has 3 N–H and O–H groups in total. The molecule has 0 saturated heterocycles. The summed E-state index contributed by atoms with van der Waals surface area (Å²) in [6, 6.07) is 3.16. The zero-order valence-electron chi connectivity index (χ0n) is 11.2. The van der Waals surface area contributed by atoms with Crippen LogP contribution < -0.4 is 10.5 Å². The summed E-state index contributed by atoms with van der Waals surface area (Å²) in [6.45, 7) is 2.29. The molecule has 1 aromatic heterocycles. The van der Waals surface area contributed by atoms with E-state index in [2.05, 4.69) is 9.71 Å². The maximum Gasteiger partial charge on any atom is 0.258 e. The lowest BCUT2D eigenvalue weighted by molar-refractivity contribution is 0.423. The van der Waals surface area contributed by atoms with E-state index < -0.39 is 10.0 Å². The predicted molar refractivity (Wildman–Crippen MR) is 73.9 cm³/mol. The number of sulfonamides is 1. The van der Waals surface area contributed by atoms with Crippen molar-refractivity contribution in [2.75, 3.05) is 0 Å². The molecule has 1 fully saturated rings. The Labute approximate surface area is 114 Å². The SMILES string of the molecule is CC(NS(=O)(=O)c1ccc(CN)cn1)C1CCCC1. The Morgan fingerprint density at radius 1 is 1.42 bits per heavy atom. The fourth-order valence-corrected chi connectivity index (χ4v) is 3.79. The van der Waals surface area contributed by atoms with Gasteiger partial charge in [-0.2, -0.15) is 0 Å². The van der Waals surface area contributed by atoms with E-state index in [1.54, 1.807) is 6.07 Å². The first-order valence-electron chi connectivity index (χ1n) is 6.70. The van der Waals surface area contributed by atoms with Crippen LogP contribution in [0.2, 0.25) is 0 Å². The van der Waals surface area contributed by atoms with E-state index in [4.69, 9.17) is 5.73 Å². The average molecular weight is 283 g/mol. The van der Waals surface area contributed by atoms with Crippen molar-refractivity contribution < 1.29 is 8.42 Å². The standard InChI is InChI=1S/C13H21N3O2S/c1-10(12-4-2-3-5-12)16-19(17,18)13-7-6-11(8-14)9-15-13/h6-7,9-10,12,16H,2-5,8,14H2,1H3. The zero-order chi connectivity index (χ0) is 13.9. The Balaban J connectivity index is 2.08. The number of rotatable bonds is 5. The quantitative estimate of drug-likeness (QED) is 0.855. The fourth-order valence-electron chi connectivity index (χ4n) is 2.55. The molecule has 1 aliphatic rings.